The van der Waals surface area contributed by atoms with Crippen LogP contribution in [0.15, 0.2) is 6.20 Å². The fourth-order valence-electron chi connectivity index (χ4n) is 2.90. The molecule has 6 heteroatoms. The minimum absolute atomic E-state index is 0.00661. The fraction of sp³-hybridized carbons (Fsp3) is 0.750. The number of thiazole rings is 1. The number of carbonyl (C=O) groups excluding carboxylic acids is 1. The Bertz CT molecular complexity index is 524. The second-order valence-electron chi connectivity index (χ2n) is 7.02. The lowest BCUT2D eigenvalue weighted by molar-refractivity contribution is -0.0956. The van der Waals surface area contributed by atoms with Gasteiger partial charge in [-0.25, -0.2) is 4.98 Å². The lowest BCUT2D eigenvalue weighted by atomic mass is 9.96. The van der Waals surface area contributed by atoms with Gasteiger partial charge < -0.3 is 14.4 Å². The number of hydrogen-bond acceptors (Lipinski definition) is 5. The number of aromatic nitrogens is 1. The Balaban J connectivity index is 1.58. The van der Waals surface area contributed by atoms with Crippen molar-refractivity contribution in [2.75, 3.05) is 26.3 Å². The number of hydrogen-bond donors (Lipinski definition) is 0. The Labute approximate surface area is 135 Å². The van der Waals surface area contributed by atoms with Gasteiger partial charge in [0.05, 0.1) is 24.4 Å². The maximum atomic E-state index is 12.6. The van der Waals surface area contributed by atoms with Crippen LogP contribution in [0.3, 0.4) is 0 Å². The van der Waals surface area contributed by atoms with E-state index in [4.69, 9.17) is 9.47 Å². The van der Waals surface area contributed by atoms with Crippen LogP contribution in [0.5, 0.6) is 0 Å². The second kappa shape index (κ2) is 6.26. The van der Waals surface area contributed by atoms with Crippen LogP contribution in [0.4, 0.5) is 0 Å². The van der Waals surface area contributed by atoms with E-state index < -0.39 is 0 Å². The van der Waals surface area contributed by atoms with Crippen molar-refractivity contribution in [2.24, 2.45) is 5.92 Å². The van der Waals surface area contributed by atoms with E-state index >= 15 is 0 Å². The Hall–Kier alpha value is -0.980. The summed E-state index contributed by atoms with van der Waals surface area (Å²) in [7, 11) is 0. The molecule has 0 unspecified atom stereocenters. The maximum absolute atomic E-state index is 12.6. The molecule has 0 atom stereocenters. The fourth-order valence-corrected chi connectivity index (χ4v) is 3.84. The number of likely N-dealkylation sites (tertiary alicyclic amines) is 1. The molecule has 5 nitrogen and oxygen atoms in total. The van der Waals surface area contributed by atoms with Gasteiger partial charge in [0.15, 0.2) is 6.29 Å². The van der Waals surface area contributed by atoms with Crippen molar-refractivity contribution in [1.29, 1.82) is 0 Å². The first-order chi connectivity index (χ1) is 10.4. The van der Waals surface area contributed by atoms with E-state index in [0.717, 1.165) is 35.8 Å². The molecular weight excluding hydrogens is 300 g/mol. The predicted octanol–water partition coefficient (Wildman–Crippen LogP) is 2.67. The molecule has 3 heterocycles. The first-order valence-electron chi connectivity index (χ1n) is 7.94. The zero-order valence-electron chi connectivity index (χ0n) is 13.5. The average Bonchev–Trinajstić information content (AvgIpc) is 3.17. The number of nitrogens with zero attached hydrogens (tertiary/aromatic N) is 2. The number of amides is 1. The Morgan fingerprint density at radius 2 is 1.91 bits per heavy atom. The number of ether oxygens (including phenoxy) is 2. The molecule has 2 saturated heterocycles. The second-order valence-corrected chi connectivity index (χ2v) is 8.05. The largest absolute Gasteiger partial charge is 0.350 e. The van der Waals surface area contributed by atoms with Crippen molar-refractivity contribution in [1.82, 2.24) is 9.88 Å². The molecule has 22 heavy (non-hydrogen) atoms. The van der Waals surface area contributed by atoms with Crippen LogP contribution < -0.4 is 0 Å². The third-order valence-corrected chi connectivity index (χ3v) is 5.63. The van der Waals surface area contributed by atoms with Gasteiger partial charge in [0.1, 0.15) is 4.88 Å². The Morgan fingerprint density at radius 1 is 1.27 bits per heavy atom. The van der Waals surface area contributed by atoms with Crippen molar-refractivity contribution in [3.8, 4) is 0 Å². The summed E-state index contributed by atoms with van der Waals surface area (Å²) in [5, 5.41) is 1.01. The standard InChI is InChI=1S/C16H24N2O3S/c1-16(2,3)15-17-10-12(22-15)13(19)18-6-4-11(5-7-18)14-20-8-9-21-14/h10-11,14H,4-9H2,1-3H3. The smallest absolute Gasteiger partial charge is 0.265 e. The summed E-state index contributed by atoms with van der Waals surface area (Å²) in [6.45, 7) is 9.29. The number of piperidine rings is 1. The van der Waals surface area contributed by atoms with Gasteiger partial charge in [0.2, 0.25) is 0 Å². The summed E-state index contributed by atoms with van der Waals surface area (Å²) in [4.78, 5) is 19.7. The number of carbonyl (C=O) groups is 1. The molecule has 0 N–H and O–H groups in total. The summed E-state index contributed by atoms with van der Waals surface area (Å²) in [6, 6.07) is 0. The maximum Gasteiger partial charge on any atom is 0.265 e. The molecule has 0 aliphatic carbocycles. The lowest BCUT2D eigenvalue weighted by Gasteiger charge is -2.33. The molecule has 3 rings (SSSR count). The van der Waals surface area contributed by atoms with E-state index in [1.54, 1.807) is 6.20 Å². The first-order valence-corrected chi connectivity index (χ1v) is 8.75. The highest BCUT2D eigenvalue weighted by atomic mass is 32.1. The van der Waals surface area contributed by atoms with Crippen LogP contribution in [-0.2, 0) is 14.9 Å². The van der Waals surface area contributed by atoms with Crippen LogP contribution in [0.1, 0.15) is 48.3 Å². The summed E-state index contributed by atoms with van der Waals surface area (Å²) < 4.78 is 11.2. The molecule has 0 saturated carbocycles. The van der Waals surface area contributed by atoms with E-state index in [1.807, 2.05) is 4.90 Å². The van der Waals surface area contributed by atoms with Crippen LogP contribution in [0, 0.1) is 5.92 Å². The van der Waals surface area contributed by atoms with Crippen molar-refractivity contribution in [3.05, 3.63) is 16.1 Å². The molecule has 1 amide bonds. The SMILES string of the molecule is CC(C)(C)c1ncc(C(=O)N2CCC(C3OCCO3)CC2)s1. The van der Waals surface area contributed by atoms with Crippen LogP contribution >= 0.6 is 11.3 Å². The van der Waals surface area contributed by atoms with Gasteiger partial charge in [-0.15, -0.1) is 11.3 Å². The van der Waals surface area contributed by atoms with Gasteiger partial charge in [-0.1, -0.05) is 20.8 Å². The summed E-state index contributed by atoms with van der Waals surface area (Å²) in [5.74, 6) is 0.526. The first kappa shape index (κ1) is 15.9. The van der Waals surface area contributed by atoms with Gasteiger partial charge in [0, 0.05) is 24.4 Å². The van der Waals surface area contributed by atoms with E-state index in [9.17, 15) is 4.79 Å². The molecule has 0 bridgehead atoms. The summed E-state index contributed by atoms with van der Waals surface area (Å²) in [6.07, 6.45) is 3.55. The van der Waals surface area contributed by atoms with E-state index in [-0.39, 0.29) is 17.6 Å². The highest BCUT2D eigenvalue weighted by Gasteiger charge is 2.32. The Morgan fingerprint density at radius 3 is 2.45 bits per heavy atom. The third-order valence-electron chi connectivity index (χ3n) is 4.22. The molecule has 122 valence electrons. The summed E-state index contributed by atoms with van der Waals surface area (Å²) >= 11 is 1.52. The predicted molar refractivity (Wildman–Crippen MR) is 85.1 cm³/mol. The Kier molecular flexibility index (Phi) is 4.52. The molecular formula is C16H24N2O3S. The van der Waals surface area contributed by atoms with Crippen LogP contribution in [0.25, 0.3) is 0 Å². The van der Waals surface area contributed by atoms with Gasteiger partial charge in [-0.2, -0.15) is 0 Å². The monoisotopic (exact) mass is 324 g/mol. The molecule has 0 aromatic carbocycles. The van der Waals surface area contributed by atoms with Gasteiger partial charge in [0.25, 0.3) is 5.91 Å². The zero-order valence-corrected chi connectivity index (χ0v) is 14.3. The van der Waals surface area contributed by atoms with Gasteiger partial charge >= 0.3 is 0 Å². The number of rotatable bonds is 2. The quantitative estimate of drug-likeness (QED) is 0.839. The average molecular weight is 324 g/mol. The van der Waals surface area contributed by atoms with Gasteiger partial charge in [-0.3, -0.25) is 4.79 Å². The third kappa shape index (κ3) is 3.34. The normalized spacial score (nSPS) is 21.5. The van der Waals surface area contributed by atoms with E-state index in [0.29, 0.717) is 19.1 Å². The van der Waals surface area contributed by atoms with E-state index in [1.165, 1.54) is 11.3 Å². The lowest BCUT2D eigenvalue weighted by Crippen LogP contribution is -2.41. The highest BCUT2D eigenvalue weighted by molar-refractivity contribution is 7.13. The molecule has 2 aliphatic heterocycles. The van der Waals surface area contributed by atoms with Crippen LogP contribution in [0.2, 0.25) is 0 Å². The topological polar surface area (TPSA) is 51.7 Å². The van der Waals surface area contributed by atoms with Gasteiger partial charge in [-0.05, 0) is 12.8 Å². The zero-order chi connectivity index (χ0) is 15.7. The highest BCUT2D eigenvalue weighted by Crippen LogP contribution is 2.30. The van der Waals surface area contributed by atoms with Crippen LogP contribution in [-0.4, -0.2) is 48.4 Å². The molecule has 1 aromatic rings. The van der Waals surface area contributed by atoms with Crippen molar-refractivity contribution in [2.45, 2.75) is 45.3 Å². The molecule has 0 radical (unpaired) electrons. The minimum Gasteiger partial charge on any atom is -0.350 e. The van der Waals surface area contributed by atoms with Crippen molar-refractivity contribution >= 4 is 17.2 Å². The molecule has 2 aliphatic rings. The van der Waals surface area contributed by atoms with Crippen molar-refractivity contribution in [3.63, 3.8) is 0 Å². The van der Waals surface area contributed by atoms with E-state index in [2.05, 4.69) is 25.8 Å². The molecule has 2 fully saturated rings. The summed E-state index contributed by atoms with van der Waals surface area (Å²) in [5.41, 5.74) is -0.00661. The molecule has 0 spiro atoms. The minimum atomic E-state index is -0.0619. The van der Waals surface area contributed by atoms with Crippen molar-refractivity contribution < 1.29 is 14.3 Å². The molecule has 1 aromatic heterocycles.